The molecule has 0 saturated carbocycles. The number of rotatable bonds is 4. The van der Waals surface area contributed by atoms with Crippen molar-refractivity contribution in [1.82, 2.24) is 24.5 Å². The Morgan fingerprint density at radius 2 is 2.08 bits per heavy atom. The maximum absolute atomic E-state index is 12.3. The molecule has 1 amide bonds. The highest BCUT2D eigenvalue weighted by Gasteiger charge is 2.18. The zero-order valence-corrected chi connectivity index (χ0v) is 15.5. The molecule has 0 atom stereocenters. The summed E-state index contributed by atoms with van der Waals surface area (Å²) in [4.78, 5) is 32.6. The van der Waals surface area contributed by atoms with E-state index in [0.29, 0.717) is 29.5 Å². The number of amides is 1. The van der Waals surface area contributed by atoms with E-state index < -0.39 is 0 Å². The lowest BCUT2D eigenvalue weighted by molar-refractivity contribution is -0.132. The van der Waals surface area contributed by atoms with Crippen LogP contribution in [0.4, 0.5) is 0 Å². The van der Waals surface area contributed by atoms with Gasteiger partial charge in [0.15, 0.2) is 0 Å². The van der Waals surface area contributed by atoms with Crippen LogP contribution in [-0.4, -0.2) is 64.9 Å². The SMILES string of the molecule is CN(CC(=O)N1CCNCC1)Cc1cc(=O)n2cc(Cl)ccc2n1.Cl. The van der Waals surface area contributed by atoms with E-state index in [1.54, 1.807) is 18.3 Å². The van der Waals surface area contributed by atoms with Crippen molar-refractivity contribution < 1.29 is 4.79 Å². The molecule has 1 N–H and O–H groups in total. The minimum Gasteiger partial charge on any atom is -0.339 e. The van der Waals surface area contributed by atoms with E-state index >= 15 is 0 Å². The van der Waals surface area contributed by atoms with E-state index in [9.17, 15) is 9.59 Å². The van der Waals surface area contributed by atoms with Gasteiger partial charge in [-0.3, -0.25) is 18.9 Å². The normalized spacial score (nSPS) is 14.6. The zero-order chi connectivity index (χ0) is 17.1. The third-order valence-electron chi connectivity index (χ3n) is 3.98. The second-order valence-electron chi connectivity index (χ2n) is 5.96. The summed E-state index contributed by atoms with van der Waals surface area (Å²) in [6, 6.07) is 4.89. The van der Waals surface area contributed by atoms with Gasteiger partial charge in [-0.15, -0.1) is 12.4 Å². The van der Waals surface area contributed by atoms with Crippen LogP contribution >= 0.6 is 24.0 Å². The van der Waals surface area contributed by atoms with Crippen molar-refractivity contribution in [3.05, 3.63) is 45.5 Å². The quantitative estimate of drug-likeness (QED) is 0.835. The number of nitrogens with zero attached hydrogens (tertiary/aromatic N) is 4. The monoisotopic (exact) mass is 385 g/mol. The highest BCUT2D eigenvalue weighted by Crippen LogP contribution is 2.09. The largest absolute Gasteiger partial charge is 0.339 e. The number of carbonyl (C=O) groups is 1. The van der Waals surface area contributed by atoms with Gasteiger partial charge in [0.25, 0.3) is 5.56 Å². The lowest BCUT2D eigenvalue weighted by atomic mass is 10.3. The fourth-order valence-corrected chi connectivity index (χ4v) is 2.95. The van der Waals surface area contributed by atoms with Gasteiger partial charge in [-0.2, -0.15) is 0 Å². The Kier molecular flexibility index (Phi) is 6.78. The van der Waals surface area contributed by atoms with Gasteiger partial charge >= 0.3 is 0 Å². The predicted molar refractivity (Wildman–Crippen MR) is 99.5 cm³/mol. The van der Waals surface area contributed by atoms with E-state index in [1.165, 1.54) is 10.5 Å². The van der Waals surface area contributed by atoms with Crippen LogP contribution in [-0.2, 0) is 11.3 Å². The Morgan fingerprint density at radius 3 is 2.80 bits per heavy atom. The number of halogens is 2. The van der Waals surface area contributed by atoms with Gasteiger partial charge in [0.1, 0.15) is 5.65 Å². The van der Waals surface area contributed by atoms with Crippen molar-refractivity contribution >= 4 is 35.6 Å². The van der Waals surface area contributed by atoms with Crippen LogP contribution in [0.5, 0.6) is 0 Å². The highest BCUT2D eigenvalue weighted by atomic mass is 35.5. The lowest BCUT2D eigenvalue weighted by Gasteiger charge is -2.29. The molecule has 0 aliphatic carbocycles. The van der Waals surface area contributed by atoms with Crippen LogP contribution in [0.3, 0.4) is 0 Å². The molecule has 1 aliphatic rings. The summed E-state index contributed by atoms with van der Waals surface area (Å²) in [6.07, 6.45) is 1.55. The van der Waals surface area contributed by atoms with Crippen molar-refractivity contribution in [2.75, 3.05) is 39.8 Å². The van der Waals surface area contributed by atoms with Gasteiger partial charge < -0.3 is 10.2 Å². The topological polar surface area (TPSA) is 70.0 Å². The van der Waals surface area contributed by atoms with Gasteiger partial charge in [-0.05, 0) is 19.2 Å². The van der Waals surface area contributed by atoms with Crippen LogP contribution in [0.1, 0.15) is 5.69 Å². The second-order valence-corrected chi connectivity index (χ2v) is 6.40. The van der Waals surface area contributed by atoms with E-state index in [4.69, 9.17) is 11.6 Å². The van der Waals surface area contributed by atoms with Crippen LogP contribution < -0.4 is 10.9 Å². The molecule has 0 spiro atoms. The molecule has 1 saturated heterocycles. The summed E-state index contributed by atoms with van der Waals surface area (Å²) in [5, 5.41) is 3.71. The minimum atomic E-state index is -0.181. The van der Waals surface area contributed by atoms with Crippen molar-refractivity contribution in [3.8, 4) is 0 Å². The molecule has 2 aromatic rings. The molecule has 136 valence electrons. The Balaban J connectivity index is 0.00000225. The summed E-state index contributed by atoms with van der Waals surface area (Å²) in [5.74, 6) is 0.100. The Labute approximate surface area is 157 Å². The van der Waals surface area contributed by atoms with Crippen molar-refractivity contribution in [3.63, 3.8) is 0 Å². The summed E-state index contributed by atoms with van der Waals surface area (Å²) in [5.41, 5.74) is 1.00. The Hall–Kier alpha value is -1.67. The summed E-state index contributed by atoms with van der Waals surface area (Å²) >= 11 is 5.90. The standard InChI is InChI=1S/C16H20ClN5O2.ClH/c1-20(11-16(24)21-6-4-18-5-7-21)10-13-8-15(23)22-9-12(17)2-3-14(22)19-13;/h2-3,8-9,18H,4-7,10-11H2,1H3;1H. The van der Waals surface area contributed by atoms with Crippen molar-refractivity contribution in [2.45, 2.75) is 6.54 Å². The Morgan fingerprint density at radius 1 is 1.36 bits per heavy atom. The first-order chi connectivity index (χ1) is 11.5. The zero-order valence-electron chi connectivity index (χ0n) is 13.9. The molecule has 25 heavy (non-hydrogen) atoms. The Bertz CT molecular complexity index is 805. The molecular weight excluding hydrogens is 365 g/mol. The van der Waals surface area contributed by atoms with Gasteiger partial charge in [0, 0.05) is 45.0 Å². The van der Waals surface area contributed by atoms with Crippen LogP contribution in [0, 0.1) is 0 Å². The fraction of sp³-hybridized carbons (Fsp3) is 0.438. The van der Waals surface area contributed by atoms with Crippen LogP contribution in [0.25, 0.3) is 5.65 Å². The van der Waals surface area contributed by atoms with Crippen LogP contribution in [0.2, 0.25) is 5.02 Å². The van der Waals surface area contributed by atoms with Gasteiger partial charge in [0.2, 0.25) is 5.91 Å². The third-order valence-corrected chi connectivity index (χ3v) is 4.21. The smallest absolute Gasteiger partial charge is 0.258 e. The van der Waals surface area contributed by atoms with Crippen LogP contribution in [0.15, 0.2) is 29.2 Å². The molecule has 2 aromatic heterocycles. The van der Waals surface area contributed by atoms with E-state index in [2.05, 4.69) is 10.3 Å². The highest BCUT2D eigenvalue weighted by molar-refractivity contribution is 6.30. The number of fused-ring (bicyclic) bond motifs is 1. The number of hydrogen-bond acceptors (Lipinski definition) is 5. The molecule has 3 heterocycles. The number of nitrogens with one attached hydrogen (secondary N) is 1. The molecule has 0 aromatic carbocycles. The van der Waals surface area contributed by atoms with Crippen molar-refractivity contribution in [2.24, 2.45) is 0 Å². The van der Waals surface area contributed by atoms with Gasteiger partial charge in [0.05, 0.1) is 17.3 Å². The maximum Gasteiger partial charge on any atom is 0.258 e. The molecule has 3 rings (SSSR count). The molecule has 0 bridgehead atoms. The van der Waals surface area contributed by atoms with Gasteiger partial charge in [-0.1, -0.05) is 11.6 Å². The lowest BCUT2D eigenvalue weighted by Crippen LogP contribution is -2.49. The number of pyridine rings is 1. The van der Waals surface area contributed by atoms with Gasteiger partial charge in [-0.25, -0.2) is 4.98 Å². The summed E-state index contributed by atoms with van der Waals surface area (Å²) < 4.78 is 1.41. The molecule has 9 heteroatoms. The molecule has 1 aliphatic heterocycles. The molecular formula is C16H21Cl2N5O2. The number of piperazine rings is 1. The number of likely N-dealkylation sites (N-methyl/N-ethyl adjacent to an activating group) is 1. The molecule has 7 nitrogen and oxygen atoms in total. The predicted octanol–water partition coefficient (Wildman–Crippen LogP) is 0.633. The maximum atomic E-state index is 12.3. The summed E-state index contributed by atoms with van der Waals surface area (Å²) in [6.45, 7) is 3.89. The number of carbonyl (C=O) groups excluding carboxylic acids is 1. The average Bonchev–Trinajstić information content (AvgIpc) is 2.56. The first-order valence-corrected chi connectivity index (χ1v) is 8.25. The first-order valence-electron chi connectivity index (χ1n) is 7.88. The van der Waals surface area contributed by atoms with E-state index in [-0.39, 0.29) is 23.9 Å². The number of hydrogen-bond donors (Lipinski definition) is 1. The third kappa shape index (κ3) is 4.92. The first kappa shape index (κ1) is 19.7. The van der Waals surface area contributed by atoms with Crippen molar-refractivity contribution in [1.29, 1.82) is 0 Å². The minimum absolute atomic E-state index is 0. The summed E-state index contributed by atoms with van der Waals surface area (Å²) in [7, 11) is 1.85. The molecule has 0 radical (unpaired) electrons. The molecule has 0 unspecified atom stereocenters. The second kappa shape index (κ2) is 8.62. The average molecular weight is 386 g/mol. The number of aromatic nitrogens is 2. The van der Waals surface area contributed by atoms with E-state index in [1.807, 2.05) is 16.8 Å². The fourth-order valence-electron chi connectivity index (χ4n) is 2.78. The van der Waals surface area contributed by atoms with E-state index in [0.717, 1.165) is 26.2 Å². The molecule has 1 fully saturated rings.